The predicted octanol–water partition coefficient (Wildman–Crippen LogP) is 0.721. The summed E-state index contributed by atoms with van der Waals surface area (Å²) in [5.74, 6) is -2.26. The van der Waals surface area contributed by atoms with Crippen molar-refractivity contribution in [2.75, 3.05) is 7.11 Å². The molecule has 1 fully saturated rings. The number of rotatable bonds is 5. The van der Waals surface area contributed by atoms with E-state index in [0.29, 0.717) is 16.9 Å². The highest BCUT2D eigenvalue weighted by molar-refractivity contribution is 6.30. The molecule has 28 heavy (non-hydrogen) atoms. The van der Waals surface area contributed by atoms with E-state index in [1.807, 2.05) is 0 Å². The number of aromatic carboxylic acids is 1. The molecule has 1 heterocycles. The normalized spacial score (nSPS) is 15.5. The predicted molar refractivity (Wildman–Crippen MR) is 95.8 cm³/mol. The number of hydrogen-bond donors (Lipinski definition) is 1. The molecule has 3 rings (SSSR count). The number of ether oxygens (including phenoxy) is 1. The number of imide groups is 2. The van der Waals surface area contributed by atoms with Gasteiger partial charge in [0.05, 0.1) is 19.6 Å². The van der Waals surface area contributed by atoms with Crippen LogP contribution in [0.3, 0.4) is 0 Å². The molecule has 142 valence electrons. The molecule has 0 radical (unpaired) electrons. The van der Waals surface area contributed by atoms with Crippen LogP contribution in [-0.4, -0.2) is 35.8 Å². The van der Waals surface area contributed by atoms with Crippen molar-refractivity contribution in [3.05, 3.63) is 70.8 Å². The Morgan fingerprint density at radius 2 is 1.71 bits per heavy atom. The average molecular weight is 379 g/mol. The van der Waals surface area contributed by atoms with Gasteiger partial charge >= 0.3 is 6.03 Å². The Balaban J connectivity index is 1.85. The number of carboxylic acid groups (broad SMARTS) is 1. The quantitative estimate of drug-likeness (QED) is 0.605. The van der Waals surface area contributed by atoms with Gasteiger partial charge < -0.3 is 14.6 Å². The second kappa shape index (κ2) is 7.75. The average Bonchev–Trinajstić information content (AvgIpc) is 2.69. The fraction of sp³-hybridized carbons (Fsp3) is 0.100. The lowest BCUT2D eigenvalue weighted by molar-refractivity contribution is -0.255. The molecule has 1 saturated heterocycles. The van der Waals surface area contributed by atoms with Crippen LogP contribution in [0.25, 0.3) is 6.08 Å². The topological polar surface area (TPSA) is 116 Å². The number of carbonyl (C=O) groups is 4. The molecule has 0 saturated carbocycles. The molecule has 0 bridgehead atoms. The molecule has 8 heteroatoms. The minimum Gasteiger partial charge on any atom is -0.545 e. The monoisotopic (exact) mass is 379 g/mol. The Bertz CT molecular complexity index is 977. The van der Waals surface area contributed by atoms with Crippen molar-refractivity contribution < 1.29 is 29.0 Å². The molecule has 2 aromatic rings. The van der Waals surface area contributed by atoms with Crippen LogP contribution < -0.4 is 15.2 Å². The number of nitrogens with zero attached hydrogens (tertiary/aromatic N) is 1. The van der Waals surface area contributed by atoms with Gasteiger partial charge in [0.1, 0.15) is 11.3 Å². The Morgan fingerprint density at radius 1 is 1.07 bits per heavy atom. The maximum Gasteiger partial charge on any atom is 0.331 e. The van der Waals surface area contributed by atoms with E-state index in [1.54, 1.807) is 24.3 Å². The van der Waals surface area contributed by atoms with Gasteiger partial charge in [0, 0.05) is 0 Å². The molecule has 8 nitrogen and oxygen atoms in total. The first-order valence-electron chi connectivity index (χ1n) is 8.22. The van der Waals surface area contributed by atoms with Crippen LogP contribution in [0.1, 0.15) is 21.5 Å². The van der Waals surface area contributed by atoms with Crippen LogP contribution in [-0.2, 0) is 16.1 Å². The molecular formula is C20H15N2O6-. The van der Waals surface area contributed by atoms with Crippen LogP contribution in [0.2, 0.25) is 0 Å². The summed E-state index contributed by atoms with van der Waals surface area (Å²) in [5, 5.41) is 12.9. The molecule has 0 aromatic heterocycles. The lowest BCUT2D eigenvalue weighted by atomic mass is 10.1. The number of barbiturate groups is 1. The number of nitrogens with one attached hydrogen (secondary N) is 1. The van der Waals surface area contributed by atoms with E-state index in [0.717, 1.165) is 4.90 Å². The molecule has 1 aliphatic heterocycles. The fourth-order valence-corrected chi connectivity index (χ4v) is 2.63. The van der Waals surface area contributed by atoms with E-state index in [2.05, 4.69) is 5.32 Å². The maximum absolute atomic E-state index is 12.7. The summed E-state index contributed by atoms with van der Waals surface area (Å²) in [6.07, 6.45) is 1.30. The first-order valence-corrected chi connectivity index (χ1v) is 8.22. The first-order chi connectivity index (χ1) is 13.4. The highest BCUT2D eigenvalue weighted by atomic mass is 16.5. The molecule has 1 aliphatic rings. The second-order valence-corrected chi connectivity index (χ2v) is 5.97. The number of carbonyl (C=O) groups excluding carboxylic acids is 4. The smallest absolute Gasteiger partial charge is 0.331 e. The summed E-state index contributed by atoms with van der Waals surface area (Å²) in [7, 11) is 1.53. The number of urea groups is 1. The van der Waals surface area contributed by atoms with Gasteiger partial charge in [-0.05, 0) is 34.9 Å². The SMILES string of the molecule is COc1ccc(CN2C(=O)NC(=O)/C(=C/c3ccc(C(=O)[O-])cc3)C2=O)cc1. The van der Waals surface area contributed by atoms with Crippen LogP contribution >= 0.6 is 0 Å². The molecule has 0 atom stereocenters. The zero-order chi connectivity index (χ0) is 20.3. The van der Waals surface area contributed by atoms with E-state index in [4.69, 9.17) is 4.74 Å². The largest absolute Gasteiger partial charge is 0.545 e. The highest BCUT2D eigenvalue weighted by Gasteiger charge is 2.35. The highest BCUT2D eigenvalue weighted by Crippen LogP contribution is 2.19. The Morgan fingerprint density at radius 3 is 2.29 bits per heavy atom. The standard InChI is InChI=1S/C20H16N2O6/c1-28-15-8-4-13(5-9-15)11-22-18(24)16(17(23)21-20(22)27)10-12-2-6-14(7-3-12)19(25)26/h2-10H,11H2,1H3,(H,25,26)(H,21,23,27)/p-1/b16-10-. The van der Waals surface area contributed by atoms with Crippen LogP contribution in [0.4, 0.5) is 4.79 Å². The summed E-state index contributed by atoms with van der Waals surface area (Å²) < 4.78 is 5.07. The zero-order valence-electron chi connectivity index (χ0n) is 14.8. The van der Waals surface area contributed by atoms with Gasteiger partial charge in [-0.3, -0.25) is 19.8 Å². The van der Waals surface area contributed by atoms with E-state index < -0.39 is 23.8 Å². The number of amides is 4. The van der Waals surface area contributed by atoms with Crippen molar-refractivity contribution in [3.63, 3.8) is 0 Å². The summed E-state index contributed by atoms with van der Waals surface area (Å²) in [4.78, 5) is 48.6. The summed E-state index contributed by atoms with van der Waals surface area (Å²) in [6.45, 7) is -0.0249. The molecule has 4 amide bonds. The van der Waals surface area contributed by atoms with Crippen LogP contribution in [0.5, 0.6) is 5.75 Å². The third kappa shape index (κ3) is 3.90. The van der Waals surface area contributed by atoms with Crippen molar-refractivity contribution in [2.24, 2.45) is 0 Å². The Hall–Kier alpha value is -3.94. The fourth-order valence-electron chi connectivity index (χ4n) is 2.63. The number of hydrogen-bond acceptors (Lipinski definition) is 6. The van der Waals surface area contributed by atoms with E-state index in [1.165, 1.54) is 37.5 Å². The second-order valence-electron chi connectivity index (χ2n) is 5.97. The zero-order valence-corrected chi connectivity index (χ0v) is 14.8. The third-order valence-electron chi connectivity index (χ3n) is 4.14. The van der Waals surface area contributed by atoms with Crippen LogP contribution in [0.15, 0.2) is 54.1 Å². The molecule has 0 unspecified atom stereocenters. The Kier molecular flexibility index (Phi) is 5.21. The van der Waals surface area contributed by atoms with Crippen molar-refractivity contribution in [3.8, 4) is 5.75 Å². The molecule has 0 spiro atoms. The third-order valence-corrected chi connectivity index (χ3v) is 4.14. The van der Waals surface area contributed by atoms with Gasteiger partial charge in [-0.2, -0.15) is 0 Å². The minimum absolute atomic E-state index is 0.0249. The number of carboxylic acids is 1. The van der Waals surface area contributed by atoms with Crippen molar-refractivity contribution in [1.82, 2.24) is 10.2 Å². The van der Waals surface area contributed by atoms with Gasteiger partial charge in [-0.25, -0.2) is 4.79 Å². The lowest BCUT2D eigenvalue weighted by Gasteiger charge is -2.26. The number of benzene rings is 2. The first kappa shape index (κ1) is 18.8. The molecule has 0 aliphatic carbocycles. The summed E-state index contributed by atoms with van der Waals surface area (Å²) in [5.41, 5.74) is 0.853. The van der Waals surface area contributed by atoms with E-state index >= 15 is 0 Å². The van der Waals surface area contributed by atoms with Gasteiger partial charge in [-0.15, -0.1) is 0 Å². The van der Waals surface area contributed by atoms with Crippen molar-refractivity contribution in [2.45, 2.75) is 6.54 Å². The number of methoxy groups -OCH3 is 1. The van der Waals surface area contributed by atoms with Gasteiger partial charge in [0.25, 0.3) is 11.8 Å². The minimum atomic E-state index is -1.33. The van der Waals surface area contributed by atoms with Crippen molar-refractivity contribution >= 4 is 29.9 Å². The van der Waals surface area contributed by atoms with Gasteiger partial charge in [0.15, 0.2) is 0 Å². The Labute approximate surface area is 160 Å². The van der Waals surface area contributed by atoms with Gasteiger partial charge in [-0.1, -0.05) is 36.4 Å². The van der Waals surface area contributed by atoms with E-state index in [-0.39, 0.29) is 17.7 Å². The molecule has 2 aromatic carbocycles. The summed E-state index contributed by atoms with van der Waals surface area (Å²) in [6, 6.07) is 11.5. The van der Waals surface area contributed by atoms with Crippen molar-refractivity contribution in [1.29, 1.82) is 0 Å². The maximum atomic E-state index is 12.7. The summed E-state index contributed by atoms with van der Waals surface area (Å²) >= 11 is 0. The lowest BCUT2D eigenvalue weighted by Crippen LogP contribution is -2.53. The van der Waals surface area contributed by atoms with E-state index in [9.17, 15) is 24.3 Å². The molecule has 1 N–H and O–H groups in total. The molecular weight excluding hydrogens is 364 g/mol. The van der Waals surface area contributed by atoms with Crippen LogP contribution in [0, 0.1) is 0 Å². The van der Waals surface area contributed by atoms with Gasteiger partial charge in [0.2, 0.25) is 0 Å².